The van der Waals surface area contributed by atoms with E-state index in [1.165, 1.54) is 5.56 Å². The number of hydrogen-bond acceptors (Lipinski definition) is 3. The lowest BCUT2D eigenvalue weighted by molar-refractivity contribution is 0.1000. The summed E-state index contributed by atoms with van der Waals surface area (Å²) in [5.74, 6) is -0.408. The van der Waals surface area contributed by atoms with Crippen LogP contribution in [-0.2, 0) is 13.1 Å². The summed E-state index contributed by atoms with van der Waals surface area (Å²) in [6, 6.07) is 17.6. The van der Waals surface area contributed by atoms with Crippen molar-refractivity contribution < 1.29 is 4.79 Å². The van der Waals surface area contributed by atoms with Crippen LogP contribution in [0.25, 0.3) is 0 Å². The average Bonchev–Trinajstić information content (AvgIpc) is 2.55. The van der Waals surface area contributed by atoms with Crippen molar-refractivity contribution in [2.75, 3.05) is 0 Å². The molecule has 4 nitrogen and oxygen atoms in total. The quantitative estimate of drug-likeness (QED) is 0.891. The number of carbonyl (C=O) groups excluding carboxylic acids is 1. The fourth-order valence-electron chi connectivity index (χ4n) is 2.35. The third kappa shape index (κ3) is 4.67. The summed E-state index contributed by atoms with van der Waals surface area (Å²) < 4.78 is 0. The molecule has 23 heavy (non-hydrogen) atoms. The molecule has 0 saturated heterocycles. The molecule has 0 heterocycles. The third-order valence-corrected chi connectivity index (χ3v) is 3.82. The SMILES string of the molecule is CC(C)N(Cc1ccc(C#N)cc1)Cc1ccc(C(N)=O)cc1. The van der Waals surface area contributed by atoms with Gasteiger partial charge in [0, 0.05) is 24.7 Å². The van der Waals surface area contributed by atoms with Gasteiger partial charge in [0.15, 0.2) is 0 Å². The number of hydrogen-bond donors (Lipinski definition) is 1. The summed E-state index contributed by atoms with van der Waals surface area (Å²) >= 11 is 0. The summed E-state index contributed by atoms with van der Waals surface area (Å²) in [7, 11) is 0. The molecule has 1 amide bonds. The predicted octanol–water partition coefficient (Wildman–Crippen LogP) is 3.07. The summed E-state index contributed by atoms with van der Waals surface area (Å²) in [6.07, 6.45) is 0. The molecular formula is C19H21N3O. The molecule has 2 aromatic rings. The summed E-state index contributed by atoms with van der Waals surface area (Å²) in [4.78, 5) is 13.5. The average molecular weight is 307 g/mol. The van der Waals surface area contributed by atoms with E-state index in [1.54, 1.807) is 12.1 Å². The van der Waals surface area contributed by atoms with Gasteiger partial charge in [-0.3, -0.25) is 9.69 Å². The molecule has 118 valence electrons. The van der Waals surface area contributed by atoms with Crippen LogP contribution in [-0.4, -0.2) is 16.8 Å². The second kappa shape index (κ2) is 7.57. The van der Waals surface area contributed by atoms with Crippen LogP contribution in [0.3, 0.4) is 0 Å². The molecule has 0 radical (unpaired) electrons. The first kappa shape index (κ1) is 16.7. The lowest BCUT2D eigenvalue weighted by Gasteiger charge is -2.26. The third-order valence-electron chi connectivity index (χ3n) is 3.82. The molecule has 2 rings (SSSR count). The van der Waals surface area contributed by atoms with Crippen LogP contribution in [0.2, 0.25) is 0 Å². The van der Waals surface area contributed by atoms with Crippen molar-refractivity contribution in [2.24, 2.45) is 5.73 Å². The number of rotatable bonds is 6. The normalized spacial score (nSPS) is 10.7. The number of nitrogens with zero attached hydrogens (tertiary/aromatic N) is 2. The van der Waals surface area contributed by atoms with Gasteiger partial charge in [0.05, 0.1) is 11.6 Å². The van der Waals surface area contributed by atoms with Crippen molar-refractivity contribution in [1.82, 2.24) is 4.90 Å². The molecular weight excluding hydrogens is 286 g/mol. The lowest BCUT2D eigenvalue weighted by Crippen LogP contribution is -2.29. The van der Waals surface area contributed by atoms with E-state index < -0.39 is 5.91 Å². The summed E-state index contributed by atoms with van der Waals surface area (Å²) in [5, 5.41) is 8.86. The summed E-state index contributed by atoms with van der Waals surface area (Å²) in [5.41, 5.74) is 8.77. The second-order valence-electron chi connectivity index (χ2n) is 5.87. The number of nitriles is 1. The summed E-state index contributed by atoms with van der Waals surface area (Å²) in [6.45, 7) is 5.90. The van der Waals surface area contributed by atoms with Crippen LogP contribution in [0, 0.1) is 11.3 Å². The van der Waals surface area contributed by atoms with Crippen molar-refractivity contribution in [3.05, 3.63) is 70.8 Å². The molecule has 0 aromatic heterocycles. The minimum absolute atomic E-state index is 0.376. The van der Waals surface area contributed by atoms with Crippen LogP contribution in [0.1, 0.15) is 40.9 Å². The zero-order valence-electron chi connectivity index (χ0n) is 13.5. The van der Waals surface area contributed by atoms with E-state index in [1.807, 2.05) is 36.4 Å². The zero-order valence-corrected chi connectivity index (χ0v) is 13.5. The van der Waals surface area contributed by atoms with Gasteiger partial charge in [-0.2, -0.15) is 5.26 Å². The van der Waals surface area contributed by atoms with Crippen LogP contribution in [0.5, 0.6) is 0 Å². The maximum absolute atomic E-state index is 11.1. The Bertz CT molecular complexity index is 697. The molecule has 0 aliphatic rings. The fourth-order valence-corrected chi connectivity index (χ4v) is 2.35. The zero-order chi connectivity index (χ0) is 16.8. The number of carbonyl (C=O) groups is 1. The Balaban J connectivity index is 2.08. The van der Waals surface area contributed by atoms with Gasteiger partial charge < -0.3 is 5.73 Å². The lowest BCUT2D eigenvalue weighted by atomic mass is 10.1. The Kier molecular flexibility index (Phi) is 5.51. The highest BCUT2D eigenvalue weighted by atomic mass is 16.1. The van der Waals surface area contributed by atoms with Gasteiger partial charge in [-0.05, 0) is 49.2 Å². The van der Waals surface area contributed by atoms with Gasteiger partial charge in [-0.15, -0.1) is 0 Å². The minimum Gasteiger partial charge on any atom is -0.366 e. The van der Waals surface area contributed by atoms with Crippen molar-refractivity contribution >= 4 is 5.91 Å². The van der Waals surface area contributed by atoms with Crippen LogP contribution >= 0.6 is 0 Å². The molecule has 0 spiro atoms. The largest absolute Gasteiger partial charge is 0.366 e. The van der Waals surface area contributed by atoms with Crippen LogP contribution in [0.4, 0.5) is 0 Å². The van der Waals surface area contributed by atoms with E-state index in [9.17, 15) is 4.79 Å². The molecule has 0 bridgehead atoms. The molecule has 0 saturated carbocycles. The van der Waals surface area contributed by atoms with E-state index in [2.05, 4.69) is 24.8 Å². The van der Waals surface area contributed by atoms with Crippen molar-refractivity contribution in [3.63, 3.8) is 0 Å². The van der Waals surface area contributed by atoms with Crippen molar-refractivity contribution in [3.8, 4) is 6.07 Å². The number of primary amides is 1. The predicted molar refractivity (Wildman–Crippen MR) is 90.5 cm³/mol. The van der Waals surface area contributed by atoms with Gasteiger partial charge in [0.2, 0.25) is 5.91 Å². The van der Waals surface area contributed by atoms with Gasteiger partial charge in [-0.1, -0.05) is 24.3 Å². The number of benzene rings is 2. The van der Waals surface area contributed by atoms with Crippen LogP contribution in [0.15, 0.2) is 48.5 Å². The van der Waals surface area contributed by atoms with E-state index in [-0.39, 0.29) is 0 Å². The van der Waals surface area contributed by atoms with E-state index in [0.717, 1.165) is 18.7 Å². The number of nitrogens with two attached hydrogens (primary N) is 1. The van der Waals surface area contributed by atoms with E-state index >= 15 is 0 Å². The molecule has 0 aliphatic carbocycles. The Morgan fingerprint density at radius 1 is 1.04 bits per heavy atom. The monoisotopic (exact) mass is 307 g/mol. The topological polar surface area (TPSA) is 70.1 Å². The minimum atomic E-state index is -0.408. The highest BCUT2D eigenvalue weighted by Gasteiger charge is 2.11. The fraction of sp³-hybridized carbons (Fsp3) is 0.263. The Labute approximate surface area is 137 Å². The number of amides is 1. The first-order chi connectivity index (χ1) is 11.0. The van der Waals surface area contributed by atoms with E-state index in [0.29, 0.717) is 17.2 Å². The highest BCUT2D eigenvalue weighted by Crippen LogP contribution is 2.14. The smallest absolute Gasteiger partial charge is 0.248 e. The molecule has 0 aliphatic heterocycles. The second-order valence-corrected chi connectivity index (χ2v) is 5.87. The van der Waals surface area contributed by atoms with Gasteiger partial charge >= 0.3 is 0 Å². The maximum atomic E-state index is 11.1. The van der Waals surface area contributed by atoms with Crippen molar-refractivity contribution in [2.45, 2.75) is 33.0 Å². The maximum Gasteiger partial charge on any atom is 0.248 e. The molecule has 4 heteroatoms. The first-order valence-electron chi connectivity index (χ1n) is 7.61. The first-order valence-corrected chi connectivity index (χ1v) is 7.61. The molecule has 0 fully saturated rings. The van der Waals surface area contributed by atoms with Crippen LogP contribution < -0.4 is 5.73 Å². The Morgan fingerprint density at radius 3 is 1.91 bits per heavy atom. The molecule has 0 unspecified atom stereocenters. The molecule has 2 aromatic carbocycles. The Hall–Kier alpha value is -2.64. The highest BCUT2D eigenvalue weighted by molar-refractivity contribution is 5.92. The standard InChI is InChI=1S/C19H21N3O/c1-14(2)22(12-16-5-3-15(11-20)4-6-16)13-17-7-9-18(10-8-17)19(21)23/h3-10,14H,12-13H2,1-2H3,(H2,21,23). The van der Waals surface area contributed by atoms with Gasteiger partial charge in [-0.25, -0.2) is 0 Å². The van der Waals surface area contributed by atoms with Gasteiger partial charge in [0.1, 0.15) is 0 Å². The van der Waals surface area contributed by atoms with Gasteiger partial charge in [0.25, 0.3) is 0 Å². The Morgan fingerprint density at radius 2 is 1.52 bits per heavy atom. The molecule has 2 N–H and O–H groups in total. The van der Waals surface area contributed by atoms with E-state index in [4.69, 9.17) is 11.0 Å². The van der Waals surface area contributed by atoms with Crippen molar-refractivity contribution in [1.29, 1.82) is 5.26 Å². The molecule has 0 atom stereocenters.